The average molecular weight is 321 g/mol. The number of para-hydroxylation sites is 2. The van der Waals surface area contributed by atoms with Gasteiger partial charge in [-0.3, -0.25) is 9.59 Å². The summed E-state index contributed by atoms with van der Waals surface area (Å²) in [6, 6.07) is 15.0. The molecule has 24 heavy (non-hydrogen) atoms. The summed E-state index contributed by atoms with van der Waals surface area (Å²) in [5, 5.41) is 1.28. The summed E-state index contributed by atoms with van der Waals surface area (Å²) in [5.74, 6) is 0.0434. The van der Waals surface area contributed by atoms with Crippen molar-refractivity contribution < 1.29 is 4.79 Å². The summed E-state index contributed by atoms with van der Waals surface area (Å²) in [6.07, 6.45) is 0.845. The van der Waals surface area contributed by atoms with Crippen molar-refractivity contribution in [3.8, 4) is 0 Å². The maximum atomic E-state index is 12.7. The molecule has 2 heterocycles. The molecule has 0 aliphatic carbocycles. The monoisotopic (exact) mass is 321 g/mol. The molecule has 1 aliphatic heterocycles. The van der Waals surface area contributed by atoms with Crippen molar-refractivity contribution in [3.63, 3.8) is 0 Å². The fourth-order valence-corrected chi connectivity index (χ4v) is 3.50. The molecule has 1 aliphatic rings. The second-order valence-electron chi connectivity index (χ2n) is 6.34. The highest BCUT2D eigenvalue weighted by molar-refractivity contribution is 5.94. The Labute approximate surface area is 139 Å². The molecule has 1 aromatic heterocycles. The van der Waals surface area contributed by atoms with Crippen LogP contribution in [0.2, 0.25) is 0 Å². The molecule has 1 fully saturated rings. The second kappa shape index (κ2) is 5.76. The van der Waals surface area contributed by atoms with Gasteiger partial charge in [-0.25, -0.2) is 0 Å². The minimum absolute atomic E-state index is 0.00749. The van der Waals surface area contributed by atoms with E-state index in [4.69, 9.17) is 5.73 Å². The van der Waals surface area contributed by atoms with Gasteiger partial charge in [-0.15, -0.1) is 0 Å². The van der Waals surface area contributed by atoms with Crippen molar-refractivity contribution in [1.29, 1.82) is 0 Å². The van der Waals surface area contributed by atoms with E-state index in [1.807, 2.05) is 58.0 Å². The minimum atomic E-state index is 0.00749. The SMILES string of the molecule is N[C@H]1CCN(C(=O)Cn2c3ccccc3c(=O)c3ccccc32)C1. The molecule has 0 saturated carbocycles. The summed E-state index contributed by atoms with van der Waals surface area (Å²) in [5.41, 5.74) is 7.50. The van der Waals surface area contributed by atoms with Crippen LogP contribution in [0.1, 0.15) is 6.42 Å². The van der Waals surface area contributed by atoms with E-state index < -0.39 is 0 Å². The topological polar surface area (TPSA) is 68.3 Å². The van der Waals surface area contributed by atoms with E-state index in [2.05, 4.69) is 0 Å². The Morgan fingerprint density at radius 1 is 1.04 bits per heavy atom. The molecule has 0 spiro atoms. The van der Waals surface area contributed by atoms with Gasteiger partial charge in [-0.1, -0.05) is 24.3 Å². The van der Waals surface area contributed by atoms with Gasteiger partial charge >= 0.3 is 0 Å². The summed E-state index contributed by atoms with van der Waals surface area (Å²) >= 11 is 0. The predicted molar refractivity (Wildman–Crippen MR) is 94.9 cm³/mol. The van der Waals surface area contributed by atoms with Crippen molar-refractivity contribution >= 4 is 27.7 Å². The van der Waals surface area contributed by atoms with Gasteiger partial charge in [0.1, 0.15) is 6.54 Å². The van der Waals surface area contributed by atoms with E-state index >= 15 is 0 Å². The summed E-state index contributed by atoms with van der Waals surface area (Å²) in [4.78, 5) is 27.2. The molecule has 3 aromatic rings. The van der Waals surface area contributed by atoms with E-state index in [1.54, 1.807) is 0 Å². The second-order valence-corrected chi connectivity index (χ2v) is 6.34. The van der Waals surface area contributed by atoms with Gasteiger partial charge in [0.15, 0.2) is 5.43 Å². The number of carbonyl (C=O) groups excluding carboxylic acids is 1. The van der Waals surface area contributed by atoms with E-state index in [1.165, 1.54) is 0 Å². The van der Waals surface area contributed by atoms with Crippen LogP contribution >= 0.6 is 0 Å². The Bertz CT molecular complexity index is 933. The molecule has 1 atom stereocenters. The number of amides is 1. The van der Waals surface area contributed by atoms with Gasteiger partial charge in [-0.05, 0) is 30.7 Å². The third-order valence-electron chi connectivity index (χ3n) is 4.75. The predicted octanol–water partition coefficient (Wildman–Crippen LogP) is 1.71. The largest absolute Gasteiger partial charge is 0.340 e. The molecule has 5 nitrogen and oxygen atoms in total. The van der Waals surface area contributed by atoms with Crippen LogP contribution in [0.5, 0.6) is 0 Å². The number of fused-ring (bicyclic) bond motifs is 2. The van der Waals surface area contributed by atoms with E-state index in [-0.39, 0.29) is 23.9 Å². The number of likely N-dealkylation sites (tertiary alicyclic amines) is 1. The fourth-order valence-electron chi connectivity index (χ4n) is 3.50. The molecule has 1 saturated heterocycles. The molecule has 1 amide bonds. The lowest BCUT2D eigenvalue weighted by molar-refractivity contribution is -0.130. The Hall–Kier alpha value is -2.66. The van der Waals surface area contributed by atoms with Crippen LogP contribution in [0.15, 0.2) is 53.3 Å². The highest BCUT2D eigenvalue weighted by Gasteiger charge is 2.24. The molecular formula is C19H19N3O2. The number of nitrogens with two attached hydrogens (primary N) is 1. The van der Waals surface area contributed by atoms with E-state index in [0.717, 1.165) is 17.5 Å². The van der Waals surface area contributed by atoms with Crippen LogP contribution in [0.25, 0.3) is 21.8 Å². The first kappa shape index (κ1) is 14.9. The van der Waals surface area contributed by atoms with Crippen LogP contribution in [0.3, 0.4) is 0 Å². The first-order valence-electron chi connectivity index (χ1n) is 8.19. The standard InChI is InChI=1S/C19H19N3O2/c20-13-9-10-21(11-13)18(23)12-22-16-7-3-1-5-14(16)19(24)15-6-2-4-8-17(15)22/h1-8,13H,9-12,20H2/t13-/m0/s1. The van der Waals surface area contributed by atoms with Crippen LogP contribution in [-0.4, -0.2) is 34.5 Å². The minimum Gasteiger partial charge on any atom is -0.340 e. The zero-order valence-electron chi connectivity index (χ0n) is 13.3. The third-order valence-corrected chi connectivity index (χ3v) is 4.75. The smallest absolute Gasteiger partial charge is 0.242 e. The highest BCUT2D eigenvalue weighted by Crippen LogP contribution is 2.20. The van der Waals surface area contributed by atoms with Crippen LogP contribution < -0.4 is 11.2 Å². The normalized spacial score (nSPS) is 17.7. The lowest BCUT2D eigenvalue weighted by Crippen LogP contribution is -2.34. The Kier molecular flexibility index (Phi) is 3.58. The van der Waals surface area contributed by atoms with Gasteiger partial charge in [0, 0.05) is 29.9 Å². The summed E-state index contributed by atoms with van der Waals surface area (Å²) < 4.78 is 1.94. The summed E-state index contributed by atoms with van der Waals surface area (Å²) in [6.45, 7) is 1.53. The number of nitrogens with zero attached hydrogens (tertiary/aromatic N) is 2. The van der Waals surface area contributed by atoms with Crippen molar-refractivity contribution in [3.05, 3.63) is 58.8 Å². The molecular weight excluding hydrogens is 302 g/mol. The van der Waals surface area contributed by atoms with Gasteiger partial charge in [0.2, 0.25) is 5.91 Å². The maximum Gasteiger partial charge on any atom is 0.242 e. The average Bonchev–Trinajstić information content (AvgIpc) is 3.05. The molecule has 4 rings (SSSR count). The van der Waals surface area contributed by atoms with Crippen LogP contribution in [0, 0.1) is 0 Å². The summed E-state index contributed by atoms with van der Waals surface area (Å²) in [7, 11) is 0. The quantitative estimate of drug-likeness (QED) is 0.731. The van der Waals surface area contributed by atoms with Crippen molar-refractivity contribution in [2.75, 3.05) is 13.1 Å². The van der Waals surface area contributed by atoms with Gasteiger partial charge in [0.25, 0.3) is 0 Å². The van der Waals surface area contributed by atoms with E-state index in [0.29, 0.717) is 23.9 Å². The van der Waals surface area contributed by atoms with Crippen LogP contribution in [0.4, 0.5) is 0 Å². The number of rotatable bonds is 2. The number of benzene rings is 2. The molecule has 2 N–H and O–H groups in total. The van der Waals surface area contributed by atoms with Gasteiger partial charge < -0.3 is 15.2 Å². The maximum absolute atomic E-state index is 12.7. The number of pyridine rings is 1. The number of aromatic nitrogens is 1. The van der Waals surface area contributed by atoms with Crippen molar-refractivity contribution in [2.45, 2.75) is 19.0 Å². The molecule has 0 unspecified atom stereocenters. The van der Waals surface area contributed by atoms with Crippen molar-refractivity contribution in [1.82, 2.24) is 9.47 Å². The number of hydrogen-bond acceptors (Lipinski definition) is 3. The molecule has 0 radical (unpaired) electrons. The number of hydrogen-bond donors (Lipinski definition) is 1. The lowest BCUT2D eigenvalue weighted by Gasteiger charge is -2.19. The highest BCUT2D eigenvalue weighted by atomic mass is 16.2. The zero-order valence-corrected chi connectivity index (χ0v) is 13.3. The van der Waals surface area contributed by atoms with Gasteiger partial charge in [0.05, 0.1) is 11.0 Å². The van der Waals surface area contributed by atoms with Crippen molar-refractivity contribution in [2.24, 2.45) is 5.73 Å². The number of carbonyl (C=O) groups is 1. The fraction of sp³-hybridized carbons (Fsp3) is 0.263. The van der Waals surface area contributed by atoms with E-state index in [9.17, 15) is 9.59 Å². The van der Waals surface area contributed by atoms with Crippen LogP contribution in [-0.2, 0) is 11.3 Å². The lowest BCUT2D eigenvalue weighted by atomic mass is 10.1. The zero-order chi connectivity index (χ0) is 16.7. The van der Waals surface area contributed by atoms with Gasteiger partial charge in [-0.2, -0.15) is 0 Å². The molecule has 122 valence electrons. The Balaban J connectivity index is 1.88. The molecule has 0 bridgehead atoms. The first-order chi connectivity index (χ1) is 11.6. The molecule has 2 aromatic carbocycles. The molecule has 5 heteroatoms. The third kappa shape index (κ3) is 2.37. The first-order valence-corrected chi connectivity index (χ1v) is 8.19. The Morgan fingerprint density at radius 2 is 1.62 bits per heavy atom. The Morgan fingerprint density at radius 3 is 2.17 bits per heavy atom.